The lowest BCUT2D eigenvalue weighted by Gasteiger charge is -2.37. The van der Waals surface area contributed by atoms with E-state index in [1.165, 1.54) is 0 Å². The maximum Gasteiger partial charge on any atom is 0.478 e. The molecule has 1 nitrogen and oxygen atoms in total. The van der Waals surface area contributed by atoms with Crippen LogP contribution in [0.3, 0.4) is 0 Å². The fourth-order valence-electron chi connectivity index (χ4n) is 2.17. The summed E-state index contributed by atoms with van der Waals surface area (Å²) in [5.41, 5.74) is 1.07. The molecule has 1 aromatic carbocycles. The molecule has 0 aromatic heterocycles. The van der Waals surface area contributed by atoms with E-state index in [0.29, 0.717) is 19.4 Å². The molecule has 0 saturated heterocycles. The van der Waals surface area contributed by atoms with E-state index in [0.717, 1.165) is 5.56 Å². The molecule has 94 valence electrons. The highest BCUT2D eigenvalue weighted by Gasteiger charge is 2.36. The first-order valence-electron chi connectivity index (χ1n) is 5.89. The fourth-order valence-corrected chi connectivity index (χ4v) is 2.17. The molecular weight excluding hydrogens is 228 g/mol. The van der Waals surface area contributed by atoms with Crippen LogP contribution in [-0.4, -0.2) is 13.1 Å². The van der Waals surface area contributed by atoms with Gasteiger partial charge in [0.05, 0.1) is 12.7 Å². The van der Waals surface area contributed by atoms with Crippen molar-refractivity contribution in [3.8, 4) is 0 Å². The molecule has 0 amide bonds. The number of hydrogen-bond donors (Lipinski definition) is 0. The zero-order valence-electron chi connectivity index (χ0n) is 9.49. The molecule has 0 atom stereocenters. The molecule has 0 heterocycles. The van der Waals surface area contributed by atoms with Crippen LogP contribution in [0.25, 0.3) is 0 Å². The summed E-state index contributed by atoms with van der Waals surface area (Å²) >= 11 is 0. The summed E-state index contributed by atoms with van der Waals surface area (Å²) in [6.07, 6.45) is 0.506. The average Bonchev–Trinajstić information content (AvgIpc) is 2.21. The average molecular weight is 243 g/mol. The molecule has 0 radical (unpaired) electrons. The summed E-state index contributed by atoms with van der Waals surface area (Å²) < 4.78 is 41.9. The summed E-state index contributed by atoms with van der Waals surface area (Å²) in [5, 5.41) is 0. The third-order valence-electron chi connectivity index (χ3n) is 3.12. The smallest absolute Gasteiger partial charge is 0.449 e. The minimum atomic E-state index is -4.63. The minimum absolute atomic E-state index is 0.0124. The Kier molecular flexibility index (Phi) is 3.77. The highest BCUT2D eigenvalue weighted by Crippen LogP contribution is 2.37. The van der Waals surface area contributed by atoms with Gasteiger partial charge in [0.15, 0.2) is 0 Å². The van der Waals surface area contributed by atoms with Crippen LogP contribution in [0.15, 0.2) is 30.3 Å². The van der Waals surface area contributed by atoms with Gasteiger partial charge in [-0.1, -0.05) is 42.6 Å². The van der Waals surface area contributed by atoms with Gasteiger partial charge in [-0.3, -0.25) is 0 Å². The largest absolute Gasteiger partial charge is 0.478 e. The van der Waals surface area contributed by atoms with Crippen molar-refractivity contribution >= 4 is 6.98 Å². The van der Waals surface area contributed by atoms with E-state index >= 15 is 0 Å². The molecule has 5 heteroatoms. The van der Waals surface area contributed by atoms with Crippen molar-refractivity contribution in [2.24, 2.45) is 5.92 Å². The first kappa shape index (κ1) is 12.5. The monoisotopic (exact) mass is 243 g/mol. The van der Waals surface area contributed by atoms with Crippen LogP contribution in [0.5, 0.6) is 0 Å². The molecule has 0 unspecified atom stereocenters. The van der Waals surface area contributed by atoms with Crippen molar-refractivity contribution in [2.75, 3.05) is 0 Å². The maximum atomic E-state index is 12.1. The molecule has 1 aromatic rings. The summed E-state index contributed by atoms with van der Waals surface area (Å²) in [6, 6.07) is 9.68. The van der Waals surface area contributed by atoms with Crippen LogP contribution in [0.2, 0.25) is 6.32 Å². The second-order valence-electron chi connectivity index (χ2n) is 4.70. The molecule has 17 heavy (non-hydrogen) atoms. The third-order valence-corrected chi connectivity index (χ3v) is 3.12. The number of benzene rings is 1. The number of rotatable bonds is 5. The van der Waals surface area contributed by atoms with E-state index in [1.807, 2.05) is 30.3 Å². The first-order valence-corrected chi connectivity index (χ1v) is 5.89. The predicted octanol–water partition coefficient (Wildman–Crippen LogP) is 3.83. The first-order chi connectivity index (χ1) is 8.03. The van der Waals surface area contributed by atoms with Crippen molar-refractivity contribution in [3.05, 3.63) is 35.9 Å². The molecule has 1 saturated carbocycles. The van der Waals surface area contributed by atoms with Crippen LogP contribution >= 0.6 is 0 Å². The van der Waals surface area contributed by atoms with Gasteiger partial charge < -0.3 is 17.7 Å². The van der Waals surface area contributed by atoms with Crippen LogP contribution < -0.4 is 0 Å². The molecule has 1 aliphatic rings. The van der Waals surface area contributed by atoms with Crippen molar-refractivity contribution < 1.29 is 17.7 Å². The second-order valence-corrected chi connectivity index (χ2v) is 4.70. The van der Waals surface area contributed by atoms with Gasteiger partial charge in [0, 0.05) is 0 Å². The Morgan fingerprint density at radius 3 is 2.35 bits per heavy atom. The third kappa shape index (κ3) is 4.08. The Morgan fingerprint density at radius 1 is 1.12 bits per heavy atom. The van der Waals surface area contributed by atoms with E-state index in [1.54, 1.807) is 0 Å². The molecule has 1 fully saturated rings. The lowest BCUT2D eigenvalue weighted by molar-refractivity contribution is -0.0367. The summed E-state index contributed by atoms with van der Waals surface area (Å²) in [6.45, 7) is -4.14. The van der Waals surface area contributed by atoms with Crippen molar-refractivity contribution in [3.63, 3.8) is 0 Å². The Bertz CT molecular complexity index is 347. The molecule has 0 aliphatic heterocycles. The Hall–Kier alpha value is -0.965. The van der Waals surface area contributed by atoms with Gasteiger partial charge in [0.1, 0.15) is 0 Å². The van der Waals surface area contributed by atoms with Crippen LogP contribution in [0.1, 0.15) is 18.4 Å². The summed E-state index contributed by atoms with van der Waals surface area (Å²) in [7, 11) is 0. The lowest BCUT2D eigenvalue weighted by Crippen LogP contribution is -2.35. The van der Waals surface area contributed by atoms with E-state index in [9.17, 15) is 12.9 Å². The highest BCUT2D eigenvalue weighted by atomic mass is 19.4. The number of ether oxygens (including phenoxy) is 1. The minimum Gasteiger partial charge on any atom is -0.449 e. The van der Waals surface area contributed by atoms with Gasteiger partial charge in [-0.15, -0.1) is 0 Å². The molecular formula is C12H15BF3O-. The van der Waals surface area contributed by atoms with Crippen LogP contribution in [-0.2, 0) is 11.3 Å². The standard InChI is InChI=1S/C12H15BF3O/c14-13(15,16)8-11-6-12(7-11)17-9-10-4-2-1-3-5-10/h1-5,11-12H,6-9H2/q-1. The van der Waals surface area contributed by atoms with Crippen LogP contribution in [0, 0.1) is 5.92 Å². The normalized spacial score (nSPS) is 24.4. The van der Waals surface area contributed by atoms with Gasteiger partial charge >= 0.3 is 6.98 Å². The lowest BCUT2D eigenvalue weighted by atomic mass is 9.68. The molecule has 0 spiro atoms. The van der Waals surface area contributed by atoms with E-state index in [4.69, 9.17) is 4.74 Å². The summed E-state index contributed by atoms with van der Waals surface area (Å²) in [4.78, 5) is 0. The molecule has 1 aliphatic carbocycles. The van der Waals surface area contributed by atoms with E-state index in [-0.39, 0.29) is 12.0 Å². The molecule has 0 N–H and O–H groups in total. The quantitative estimate of drug-likeness (QED) is 0.714. The second kappa shape index (κ2) is 5.13. The zero-order chi connectivity index (χ0) is 12.3. The highest BCUT2D eigenvalue weighted by molar-refractivity contribution is 6.58. The van der Waals surface area contributed by atoms with Crippen molar-refractivity contribution in [2.45, 2.75) is 31.9 Å². The zero-order valence-corrected chi connectivity index (χ0v) is 9.49. The molecule has 0 bridgehead atoms. The SMILES string of the molecule is F[B-](F)(F)CC1CC(OCc2ccccc2)C1. The van der Waals surface area contributed by atoms with Gasteiger partial charge in [0.2, 0.25) is 0 Å². The predicted molar refractivity (Wildman–Crippen MR) is 61.6 cm³/mol. The van der Waals surface area contributed by atoms with Crippen molar-refractivity contribution in [1.29, 1.82) is 0 Å². The van der Waals surface area contributed by atoms with Crippen molar-refractivity contribution in [1.82, 2.24) is 0 Å². The van der Waals surface area contributed by atoms with Gasteiger partial charge in [0.25, 0.3) is 0 Å². The Morgan fingerprint density at radius 2 is 1.76 bits per heavy atom. The maximum absolute atomic E-state index is 12.1. The van der Waals surface area contributed by atoms with E-state index in [2.05, 4.69) is 0 Å². The fraction of sp³-hybridized carbons (Fsp3) is 0.500. The molecule has 2 rings (SSSR count). The Balaban J connectivity index is 1.65. The summed E-state index contributed by atoms with van der Waals surface area (Å²) in [5.74, 6) is -0.212. The Labute approximate surface area is 99.0 Å². The topological polar surface area (TPSA) is 9.23 Å². The van der Waals surface area contributed by atoms with E-state index < -0.39 is 13.3 Å². The van der Waals surface area contributed by atoms with Gasteiger partial charge in [-0.2, -0.15) is 0 Å². The van der Waals surface area contributed by atoms with Gasteiger partial charge in [-0.25, -0.2) is 0 Å². The number of halogens is 3. The van der Waals surface area contributed by atoms with Crippen LogP contribution in [0.4, 0.5) is 12.9 Å². The number of hydrogen-bond acceptors (Lipinski definition) is 1. The van der Waals surface area contributed by atoms with Gasteiger partial charge in [-0.05, 0) is 18.4 Å².